The molecule has 0 aliphatic heterocycles. The molecule has 0 aliphatic rings. The summed E-state index contributed by atoms with van der Waals surface area (Å²) in [4.78, 5) is 22.9. The van der Waals surface area contributed by atoms with Gasteiger partial charge in [-0.2, -0.15) is 0 Å². The molecule has 0 aliphatic carbocycles. The van der Waals surface area contributed by atoms with Gasteiger partial charge in [0.15, 0.2) is 0 Å². The first-order valence-electron chi connectivity index (χ1n) is 7.96. The van der Waals surface area contributed by atoms with Gasteiger partial charge in [0.1, 0.15) is 0 Å². The number of allylic oxidation sites excluding steroid dienone is 4. The number of carbonyl (C=O) groups is 2. The summed E-state index contributed by atoms with van der Waals surface area (Å²) < 4.78 is 28.1. The average molecular weight is 1130 g/mol. The molecule has 228 valence electrons. The molecule has 0 rings (SSSR count). The number of halogens is 4. The Balaban J connectivity index is -0.0000000165. The van der Waals surface area contributed by atoms with Gasteiger partial charge in [0.25, 0.3) is 0 Å². The molecule has 0 fully saturated rings. The van der Waals surface area contributed by atoms with Crippen LogP contribution in [0.4, 0.5) is 8.78 Å². The normalized spacial score (nSPS) is 5.45. The standard InChI is InChI=1S/2C5H7OP.2C5H4O.2CH3F.2CH3I.2CH4.4Y/c2*1-3-5(2)4-6-7;2*1-3-5(2)4-6;4*1-2;;;;;;/h2*1-3H,4,7H2;2*1-4H;4*1H3;2*1H4;;;;/q4*-2;;;;;;;;;;. The van der Waals surface area contributed by atoms with Gasteiger partial charge in [0.2, 0.25) is 0 Å². The first-order valence-corrected chi connectivity index (χ1v) is 13.2. The molecule has 0 aromatic carbocycles. The molecule has 0 saturated carbocycles. The fourth-order valence-electron chi connectivity index (χ4n) is 0.367. The third kappa shape index (κ3) is 146. The Morgan fingerprint density at radius 3 is 0.800 bits per heavy atom. The van der Waals surface area contributed by atoms with Gasteiger partial charge >= 0.3 is 0 Å². The van der Waals surface area contributed by atoms with Crippen molar-refractivity contribution in [1.82, 2.24) is 0 Å². The Kier molecular flexibility index (Phi) is 254. The number of hydrogen-bond donors (Lipinski definition) is 0. The van der Waals surface area contributed by atoms with Crippen LogP contribution >= 0.6 is 64.1 Å². The molecule has 0 bridgehead atoms. The molecule has 14 heteroatoms. The van der Waals surface area contributed by atoms with E-state index < -0.39 is 0 Å². The van der Waals surface area contributed by atoms with E-state index in [0.29, 0.717) is 51.3 Å². The van der Waals surface area contributed by atoms with E-state index in [2.05, 4.69) is 73.2 Å². The van der Waals surface area contributed by atoms with Gasteiger partial charge < -0.3 is 118 Å². The maximum atomic E-state index is 9.50. The van der Waals surface area contributed by atoms with Crippen molar-refractivity contribution >= 4 is 76.7 Å². The average Bonchev–Trinajstić information content (AvgIpc) is 2.93. The van der Waals surface area contributed by atoms with Crippen LogP contribution in [-0.4, -0.2) is 50.0 Å². The van der Waals surface area contributed by atoms with Crippen molar-refractivity contribution in [3.8, 4) is 0 Å². The van der Waals surface area contributed by atoms with E-state index in [0.717, 1.165) is 12.2 Å². The number of aldehydes is 2. The third-order valence-corrected chi connectivity index (χ3v) is 1.92. The minimum absolute atomic E-state index is 0. The van der Waals surface area contributed by atoms with Crippen LogP contribution in [0, 0.1) is 52.6 Å². The van der Waals surface area contributed by atoms with E-state index in [-0.39, 0.29) is 157 Å². The van der Waals surface area contributed by atoms with Crippen LogP contribution in [0.15, 0.2) is 46.6 Å². The summed E-state index contributed by atoms with van der Waals surface area (Å²) in [7, 11) is 5.15. The van der Waals surface area contributed by atoms with Crippen LogP contribution < -0.4 is 0 Å². The summed E-state index contributed by atoms with van der Waals surface area (Å²) in [6, 6.07) is 0. The molecule has 0 saturated heterocycles. The van der Waals surface area contributed by atoms with Gasteiger partial charge in [-0.15, -0.1) is 0 Å². The zero-order chi connectivity index (χ0) is 29.4. The van der Waals surface area contributed by atoms with E-state index >= 15 is 0 Å². The Morgan fingerprint density at radius 1 is 0.600 bits per heavy atom. The number of alkyl halides is 4. The van der Waals surface area contributed by atoms with Crippen molar-refractivity contribution in [1.29, 1.82) is 0 Å². The predicted molar refractivity (Wildman–Crippen MR) is 178 cm³/mol. The van der Waals surface area contributed by atoms with Crippen molar-refractivity contribution in [3.63, 3.8) is 0 Å². The van der Waals surface area contributed by atoms with Crippen LogP contribution in [0.3, 0.4) is 0 Å². The third-order valence-electron chi connectivity index (χ3n) is 1.59. The Hall–Kier alpha value is 3.78. The summed E-state index contributed by atoms with van der Waals surface area (Å²) in [5.41, 5.74) is 1.20. The maximum absolute atomic E-state index is 9.50. The summed E-state index contributed by atoms with van der Waals surface area (Å²) in [6.45, 7) is 40.3. The zero-order valence-corrected chi connectivity index (χ0v) is 40.1. The summed E-state index contributed by atoms with van der Waals surface area (Å²) in [5.74, 6) is 0. The fourth-order valence-corrected chi connectivity index (χ4v) is 0.752. The number of hydrogen-bond acceptors (Lipinski definition) is 4. The van der Waals surface area contributed by atoms with Crippen LogP contribution in [0.1, 0.15) is 14.9 Å². The molecule has 2 atom stereocenters. The number of carbonyl (C=O) groups excluding carboxylic acids is 2. The first-order chi connectivity index (χ1) is 16.2. The maximum Gasteiger partial charge on any atom is 0.0785 e. The van der Waals surface area contributed by atoms with Gasteiger partial charge in [-0.25, -0.2) is 0 Å². The van der Waals surface area contributed by atoms with Crippen LogP contribution in [0.2, 0.25) is 0 Å². The monoisotopic (exact) mass is 1130 g/mol. The molecule has 0 aromatic heterocycles. The summed E-state index contributed by atoms with van der Waals surface area (Å²) in [5, 5.41) is 0. The largest absolute Gasteiger partial charge is 0.395 e. The van der Waals surface area contributed by atoms with Crippen LogP contribution in [0.25, 0.3) is 0 Å². The zero-order valence-electron chi connectivity index (χ0n) is 22.1. The SMILES string of the molecule is C.C.CF.CF.CI.CI.[CH-]=CC(=[CH-])C=O.[CH-]=CC(=[CH-])C=O.[CH-]=CC(=[CH-])COP.[CH-]=CC(=[CH-])COP.[Y].[Y].[Y].[Y]. The molecule has 0 amide bonds. The summed E-state index contributed by atoms with van der Waals surface area (Å²) >= 11 is 4.30. The van der Waals surface area contributed by atoms with Crippen LogP contribution in [-0.2, 0) is 149 Å². The first kappa shape index (κ1) is 90.3. The minimum atomic E-state index is 0. The summed E-state index contributed by atoms with van der Waals surface area (Å²) in [6.07, 6.45) is 5.69. The van der Waals surface area contributed by atoms with E-state index in [1.165, 1.54) is 12.2 Å². The quantitative estimate of drug-likeness (QED) is 0.0426. The molecule has 4 nitrogen and oxygen atoms in total. The second kappa shape index (κ2) is 112. The second-order valence-corrected chi connectivity index (χ2v) is 4.34. The van der Waals surface area contributed by atoms with Gasteiger partial charge in [0, 0.05) is 131 Å². The topological polar surface area (TPSA) is 52.6 Å². The molecule has 4 radical (unpaired) electrons. The van der Waals surface area contributed by atoms with E-state index in [1.54, 1.807) is 0 Å². The van der Waals surface area contributed by atoms with Gasteiger partial charge in [0.05, 0.1) is 14.4 Å². The van der Waals surface area contributed by atoms with E-state index in [9.17, 15) is 18.4 Å². The molecule has 0 N–H and O–H groups in total. The Labute approximate surface area is 379 Å². The van der Waals surface area contributed by atoms with Crippen molar-refractivity contribution in [3.05, 3.63) is 99.2 Å². The Bertz CT molecular complexity index is 483. The fraction of sp³-hybridized carbons (Fsp3) is 0.308. The Morgan fingerprint density at radius 2 is 0.775 bits per heavy atom. The number of rotatable bonds is 10. The van der Waals surface area contributed by atoms with Crippen molar-refractivity contribution in [2.24, 2.45) is 0 Å². The molecular weight excluding hydrogens is 1090 g/mol. The van der Waals surface area contributed by atoms with Gasteiger partial charge in [-0.1, -0.05) is 60.0 Å². The van der Waals surface area contributed by atoms with Crippen molar-refractivity contribution in [2.45, 2.75) is 14.9 Å². The van der Waals surface area contributed by atoms with E-state index in [4.69, 9.17) is 52.6 Å². The van der Waals surface area contributed by atoms with Crippen LogP contribution in [0.5, 0.6) is 0 Å². The predicted octanol–water partition coefficient (Wildman–Crippen LogP) is 7.89. The molecule has 0 aromatic rings. The molecule has 40 heavy (non-hydrogen) atoms. The minimum Gasteiger partial charge on any atom is -0.395 e. The molecule has 0 spiro atoms. The second-order valence-electron chi connectivity index (χ2n) is 3.67. The van der Waals surface area contributed by atoms with Crippen molar-refractivity contribution in [2.75, 3.05) is 37.4 Å². The molecule has 2 unspecified atom stereocenters. The van der Waals surface area contributed by atoms with Gasteiger partial charge in [-0.3, -0.25) is 8.78 Å². The van der Waals surface area contributed by atoms with E-state index in [1.807, 2.05) is 9.86 Å². The van der Waals surface area contributed by atoms with Crippen molar-refractivity contribution < 1.29 is 158 Å². The smallest absolute Gasteiger partial charge is 0.0785 e. The van der Waals surface area contributed by atoms with Gasteiger partial charge in [-0.05, 0) is 54.6 Å². The molecular formula is C26H42F2I2O4P2Y4-8. The molecule has 0 heterocycles.